The summed E-state index contributed by atoms with van der Waals surface area (Å²) >= 11 is 0. The minimum Gasteiger partial charge on any atom is -0.367 e. The standard InChI is InChI=1S/C14H21NO3/c1-2-3-4-5-6-7-8-9-10-11(16)12-13(18-12)14(15)17/h4-5,7-8,12-13H,2-3,6,9-10H2,1H3,(H2,15,17)/b5-4+,8-7+/t12-,13-/m1/s1. The molecule has 0 radical (unpaired) electrons. The Balaban J connectivity index is 2.06. The SMILES string of the molecule is CCC/C=C/C/C=C/CCC(=O)[C@H]1O[C@H]1C(N)=O. The number of unbranched alkanes of at least 4 members (excludes halogenated alkanes) is 1. The van der Waals surface area contributed by atoms with Gasteiger partial charge in [0, 0.05) is 6.42 Å². The lowest BCUT2D eigenvalue weighted by atomic mass is 10.1. The Bertz CT molecular complexity index is 347. The summed E-state index contributed by atoms with van der Waals surface area (Å²) < 4.78 is 4.90. The molecule has 0 aliphatic carbocycles. The Labute approximate surface area is 108 Å². The Hall–Kier alpha value is -1.42. The molecule has 2 N–H and O–H groups in total. The van der Waals surface area contributed by atoms with Crippen molar-refractivity contribution in [3.63, 3.8) is 0 Å². The van der Waals surface area contributed by atoms with Crippen LogP contribution >= 0.6 is 0 Å². The van der Waals surface area contributed by atoms with Crippen molar-refractivity contribution in [1.29, 1.82) is 0 Å². The van der Waals surface area contributed by atoms with Gasteiger partial charge in [-0.15, -0.1) is 0 Å². The van der Waals surface area contributed by atoms with Crippen LogP contribution in [0.4, 0.5) is 0 Å². The van der Waals surface area contributed by atoms with E-state index < -0.39 is 18.1 Å². The van der Waals surface area contributed by atoms with Crippen molar-refractivity contribution in [3.05, 3.63) is 24.3 Å². The number of amides is 1. The number of ether oxygens (including phenoxy) is 1. The number of allylic oxidation sites excluding steroid dienone is 4. The quantitative estimate of drug-likeness (QED) is 0.502. The number of carbonyl (C=O) groups is 2. The normalized spacial score (nSPS) is 22.7. The summed E-state index contributed by atoms with van der Waals surface area (Å²) in [5.41, 5.74) is 5.02. The Morgan fingerprint density at radius 3 is 2.33 bits per heavy atom. The predicted octanol–water partition coefficient (Wildman–Crippen LogP) is 1.89. The third kappa shape index (κ3) is 5.27. The average Bonchev–Trinajstić information content (AvgIpc) is 3.12. The summed E-state index contributed by atoms with van der Waals surface area (Å²) in [5, 5.41) is 0. The second-order valence-corrected chi connectivity index (χ2v) is 4.35. The second kappa shape index (κ2) is 7.82. The van der Waals surface area contributed by atoms with Gasteiger partial charge in [-0.1, -0.05) is 37.6 Å². The molecule has 0 unspecified atom stereocenters. The Morgan fingerprint density at radius 2 is 1.78 bits per heavy atom. The van der Waals surface area contributed by atoms with E-state index in [1.54, 1.807) is 0 Å². The molecule has 1 aliphatic rings. The summed E-state index contributed by atoms with van der Waals surface area (Å²) in [7, 11) is 0. The lowest BCUT2D eigenvalue weighted by Crippen LogP contribution is -2.22. The number of nitrogens with two attached hydrogens (primary N) is 1. The van der Waals surface area contributed by atoms with E-state index in [9.17, 15) is 9.59 Å². The zero-order valence-electron chi connectivity index (χ0n) is 10.8. The molecule has 1 fully saturated rings. The molecule has 100 valence electrons. The molecular weight excluding hydrogens is 230 g/mol. The number of Topliss-reactive ketones (excluding diaryl/α,β-unsaturated/α-hetero) is 1. The van der Waals surface area contributed by atoms with E-state index in [-0.39, 0.29) is 5.78 Å². The number of ketones is 1. The maximum absolute atomic E-state index is 11.5. The summed E-state index contributed by atoms with van der Waals surface area (Å²) in [5.74, 6) is -0.588. The fourth-order valence-electron chi connectivity index (χ4n) is 1.61. The highest BCUT2D eigenvalue weighted by Gasteiger charge is 2.48. The van der Waals surface area contributed by atoms with Crippen LogP contribution in [0.25, 0.3) is 0 Å². The topological polar surface area (TPSA) is 72.7 Å². The number of primary amides is 1. The molecular formula is C14H21NO3. The van der Waals surface area contributed by atoms with Gasteiger partial charge >= 0.3 is 0 Å². The van der Waals surface area contributed by atoms with Gasteiger partial charge in [-0.2, -0.15) is 0 Å². The molecule has 0 saturated carbocycles. The summed E-state index contributed by atoms with van der Waals surface area (Å²) in [6.45, 7) is 2.14. The zero-order valence-corrected chi connectivity index (χ0v) is 10.8. The van der Waals surface area contributed by atoms with E-state index in [4.69, 9.17) is 10.5 Å². The van der Waals surface area contributed by atoms with Crippen molar-refractivity contribution < 1.29 is 14.3 Å². The van der Waals surface area contributed by atoms with E-state index in [1.165, 1.54) is 0 Å². The highest BCUT2D eigenvalue weighted by Crippen LogP contribution is 2.24. The van der Waals surface area contributed by atoms with Crippen molar-refractivity contribution in [3.8, 4) is 0 Å². The lowest BCUT2D eigenvalue weighted by Gasteiger charge is -1.92. The third-order valence-electron chi connectivity index (χ3n) is 2.71. The van der Waals surface area contributed by atoms with Gasteiger partial charge in [-0.05, 0) is 19.3 Å². The van der Waals surface area contributed by atoms with Crippen molar-refractivity contribution in [2.75, 3.05) is 0 Å². The fraction of sp³-hybridized carbons (Fsp3) is 0.571. The highest BCUT2D eigenvalue weighted by molar-refractivity contribution is 5.95. The second-order valence-electron chi connectivity index (χ2n) is 4.35. The largest absolute Gasteiger partial charge is 0.367 e. The first-order valence-corrected chi connectivity index (χ1v) is 6.44. The minimum absolute atomic E-state index is 0.0371. The predicted molar refractivity (Wildman–Crippen MR) is 69.9 cm³/mol. The number of carbonyl (C=O) groups excluding carboxylic acids is 2. The van der Waals surface area contributed by atoms with Crippen LogP contribution in [0.3, 0.4) is 0 Å². The molecule has 0 bridgehead atoms. The molecule has 1 rings (SSSR count). The monoisotopic (exact) mass is 251 g/mol. The van der Waals surface area contributed by atoms with Crippen LogP contribution < -0.4 is 5.73 Å². The molecule has 1 heterocycles. The van der Waals surface area contributed by atoms with Crippen LogP contribution in [0.1, 0.15) is 39.0 Å². The lowest BCUT2D eigenvalue weighted by molar-refractivity contribution is -0.121. The first-order chi connectivity index (χ1) is 8.66. The summed E-state index contributed by atoms with van der Waals surface area (Å²) in [4.78, 5) is 22.2. The molecule has 1 aliphatic heterocycles. The smallest absolute Gasteiger partial charge is 0.249 e. The van der Waals surface area contributed by atoms with E-state index in [2.05, 4.69) is 19.1 Å². The molecule has 0 aromatic rings. The highest BCUT2D eigenvalue weighted by atomic mass is 16.6. The van der Waals surface area contributed by atoms with E-state index >= 15 is 0 Å². The van der Waals surface area contributed by atoms with Crippen molar-refractivity contribution in [1.82, 2.24) is 0 Å². The fourth-order valence-corrected chi connectivity index (χ4v) is 1.61. The number of hydrogen-bond donors (Lipinski definition) is 1. The summed E-state index contributed by atoms with van der Waals surface area (Å²) in [6, 6.07) is 0. The van der Waals surface area contributed by atoms with Gasteiger partial charge in [0.25, 0.3) is 0 Å². The molecule has 0 aromatic heterocycles. The van der Waals surface area contributed by atoms with Crippen molar-refractivity contribution in [2.24, 2.45) is 5.73 Å². The van der Waals surface area contributed by atoms with E-state index in [1.807, 2.05) is 12.2 Å². The van der Waals surface area contributed by atoms with Crippen LogP contribution in [0.5, 0.6) is 0 Å². The average molecular weight is 251 g/mol. The first kappa shape index (κ1) is 14.6. The van der Waals surface area contributed by atoms with Crippen molar-refractivity contribution in [2.45, 2.75) is 51.2 Å². The number of rotatable bonds is 9. The Morgan fingerprint density at radius 1 is 1.11 bits per heavy atom. The minimum atomic E-state index is -0.682. The third-order valence-corrected chi connectivity index (χ3v) is 2.71. The number of epoxide rings is 1. The summed E-state index contributed by atoms with van der Waals surface area (Å²) in [6.07, 6.45) is 11.3. The van der Waals surface area contributed by atoms with Crippen molar-refractivity contribution >= 4 is 11.7 Å². The van der Waals surface area contributed by atoms with Gasteiger partial charge in [-0.25, -0.2) is 0 Å². The van der Waals surface area contributed by atoms with Crippen LogP contribution in [0.15, 0.2) is 24.3 Å². The molecule has 2 atom stereocenters. The van der Waals surface area contributed by atoms with Gasteiger partial charge in [-0.3, -0.25) is 9.59 Å². The maximum atomic E-state index is 11.5. The van der Waals surface area contributed by atoms with Gasteiger partial charge < -0.3 is 10.5 Å². The molecule has 0 spiro atoms. The van der Waals surface area contributed by atoms with E-state index in [0.717, 1.165) is 19.3 Å². The van der Waals surface area contributed by atoms with Crippen LogP contribution in [0, 0.1) is 0 Å². The molecule has 18 heavy (non-hydrogen) atoms. The maximum Gasteiger partial charge on any atom is 0.249 e. The van der Waals surface area contributed by atoms with Gasteiger partial charge in [0.15, 0.2) is 18.0 Å². The van der Waals surface area contributed by atoms with Gasteiger partial charge in [0.2, 0.25) is 5.91 Å². The van der Waals surface area contributed by atoms with E-state index in [0.29, 0.717) is 12.8 Å². The zero-order chi connectivity index (χ0) is 13.4. The molecule has 4 nitrogen and oxygen atoms in total. The molecule has 0 aromatic carbocycles. The first-order valence-electron chi connectivity index (χ1n) is 6.44. The van der Waals surface area contributed by atoms with Crippen LogP contribution in [0.2, 0.25) is 0 Å². The molecule has 4 heteroatoms. The number of hydrogen-bond acceptors (Lipinski definition) is 3. The van der Waals surface area contributed by atoms with Crippen LogP contribution in [-0.2, 0) is 14.3 Å². The van der Waals surface area contributed by atoms with Gasteiger partial charge in [0.05, 0.1) is 0 Å². The molecule has 1 saturated heterocycles. The Kier molecular flexibility index (Phi) is 6.36. The molecule has 1 amide bonds. The van der Waals surface area contributed by atoms with Crippen LogP contribution in [-0.4, -0.2) is 23.9 Å². The van der Waals surface area contributed by atoms with Gasteiger partial charge in [0.1, 0.15) is 0 Å².